The predicted molar refractivity (Wildman–Crippen MR) is 121 cm³/mol. The summed E-state index contributed by atoms with van der Waals surface area (Å²) in [5.74, 6) is -2.84. The van der Waals surface area contributed by atoms with E-state index in [1.165, 1.54) is 5.56 Å². The highest BCUT2D eigenvalue weighted by atomic mass is 19.1. The van der Waals surface area contributed by atoms with Crippen molar-refractivity contribution in [2.75, 3.05) is 6.54 Å². The zero-order valence-electron chi connectivity index (χ0n) is 18.7. The number of rotatable bonds is 10. The van der Waals surface area contributed by atoms with Gasteiger partial charge in [0.15, 0.2) is 0 Å². The Labute approximate surface area is 196 Å². The fourth-order valence-corrected chi connectivity index (χ4v) is 3.78. The van der Waals surface area contributed by atoms with Gasteiger partial charge in [-0.05, 0) is 41.7 Å². The van der Waals surface area contributed by atoms with Gasteiger partial charge in [-0.1, -0.05) is 31.2 Å². The monoisotopic (exact) mass is 474 g/mol. The molecular formula is C24H28F2N4O4. The van der Waals surface area contributed by atoms with Crippen LogP contribution in [-0.2, 0) is 29.0 Å². The fraction of sp³-hybridized carbons (Fsp3) is 0.375. The molecule has 1 heterocycles. The number of imide groups is 1. The second-order valence-electron chi connectivity index (χ2n) is 8.25. The normalized spacial score (nSPS) is 17.5. The molecule has 0 aromatic heterocycles. The molecule has 4 amide bonds. The van der Waals surface area contributed by atoms with Crippen molar-refractivity contribution in [3.05, 3.63) is 70.8 Å². The van der Waals surface area contributed by atoms with Crippen molar-refractivity contribution in [1.29, 1.82) is 0 Å². The summed E-state index contributed by atoms with van der Waals surface area (Å²) in [5.41, 5.74) is 2.44. The fourth-order valence-electron chi connectivity index (χ4n) is 3.78. The Morgan fingerprint density at radius 2 is 1.82 bits per heavy atom. The number of halogens is 2. The minimum absolute atomic E-state index is 0.0680. The van der Waals surface area contributed by atoms with Gasteiger partial charge in [0.1, 0.15) is 17.7 Å². The zero-order chi connectivity index (χ0) is 24.7. The van der Waals surface area contributed by atoms with Gasteiger partial charge in [0.2, 0.25) is 11.8 Å². The van der Waals surface area contributed by atoms with E-state index >= 15 is 0 Å². The molecule has 8 nitrogen and oxygen atoms in total. The Balaban J connectivity index is 1.68. The number of aliphatic hydroxyl groups is 1. The van der Waals surface area contributed by atoms with Crippen LogP contribution in [0.2, 0.25) is 0 Å². The third-order valence-corrected chi connectivity index (χ3v) is 5.52. The molecule has 2 aromatic rings. The van der Waals surface area contributed by atoms with E-state index in [1.54, 1.807) is 0 Å². The minimum atomic E-state index is -1.13. The van der Waals surface area contributed by atoms with Crippen LogP contribution in [0, 0.1) is 11.6 Å². The van der Waals surface area contributed by atoms with Gasteiger partial charge in [0.25, 0.3) is 0 Å². The molecule has 1 unspecified atom stereocenters. The highest BCUT2D eigenvalue weighted by Gasteiger charge is 2.32. The summed E-state index contributed by atoms with van der Waals surface area (Å²) in [6, 6.07) is 8.08. The maximum Gasteiger partial charge on any atom is 0.322 e. The molecule has 1 aliphatic rings. The Bertz CT molecular complexity index is 1010. The van der Waals surface area contributed by atoms with E-state index in [1.807, 2.05) is 29.6 Å². The van der Waals surface area contributed by atoms with E-state index in [9.17, 15) is 28.3 Å². The quantitative estimate of drug-likeness (QED) is 0.356. The Kier molecular flexibility index (Phi) is 8.67. The van der Waals surface area contributed by atoms with Crippen molar-refractivity contribution in [3.8, 4) is 0 Å². The maximum atomic E-state index is 13.7. The van der Waals surface area contributed by atoms with Gasteiger partial charge in [-0.2, -0.15) is 0 Å². The van der Waals surface area contributed by atoms with Crippen LogP contribution in [0.4, 0.5) is 13.6 Å². The summed E-state index contributed by atoms with van der Waals surface area (Å²) in [5, 5.41) is 20.9. The molecule has 0 radical (unpaired) electrons. The summed E-state index contributed by atoms with van der Waals surface area (Å²) in [4.78, 5) is 35.8. The van der Waals surface area contributed by atoms with Crippen LogP contribution in [-0.4, -0.2) is 47.7 Å². The lowest BCUT2D eigenvalue weighted by Crippen LogP contribution is -2.60. The molecule has 0 aliphatic carbocycles. The number of benzene rings is 2. The maximum absolute atomic E-state index is 13.7. The molecule has 1 fully saturated rings. The third-order valence-electron chi connectivity index (χ3n) is 5.52. The summed E-state index contributed by atoms with van der Waals surface area (Å²) in [6.07, 6.45) is -0.565. The van der Waals surface area contributed by atoms with Crippen LogP contribution in [0.5, 0.6) is 0 Å². The minimum Gasteiger partial charge on any atom is -0.390 e. The Morgan fingerprint density at radius 1 is 1.12 bits per heavy atom. The lowest BCUT2D eigenvalue weighted by Gasteiger charge is -2.28. The summed E-state index contributed by atoms with van der Waals surface area (Å²) < 4.78 is 27.4. The van der Waals surface area contributed by atoms with Crippen molar-refractivity contribution in [1.82, 2.24) is 21.3 Å². The molecule has 5 N–H and O–H groups in total. The van der Waals surface area contributed by atoms with Gasteiger partial charge in [0, 0.05) is 19.2 Å². The molecule has 3 rings (SSSR count). The topological polar surface area (TPSA) is 120 Å². The molecule has 34 heavy (non-hydrogen) atoms. The van der Waals surface area contributed by atoms with Gasteiger partial charge >= 0.3 is 6.03 Å². The van der Waals surface area contributed by atoms with Crippen LogP contribution in [0.1, 0.15) is 30.0 Å². The summed E-state index contributed by atoms with van der Waals surface area (Å²) in [6.45, 7) is 2.60. The van der Waals surface area contributed by atoms with E-state index in [-0.39, 0.29) is 24.9 Å². The number of urea groups is 1. The number of carbonyl (C=O) groups is 3. The number of hydrogen-bond donors (Lipinski definition) is 5. The summed E-state index contributed by atoms with van der Waals surface area (Å²) in [7, 11) is 0. The number of hydrogen-bond acceptors (Lipinski definition) is 5. The Morgan fingerprint density at radius 3 is 2.50 bits per heavy atom. The number of carbonyl (C=O) groups excluding carboxylic acids is 3. The van der Waals surface area contributed by atoms with Crippen molar-refractivity contribution < 1.29 is 28.3 Å². The van der Waals surface area contributed by atoms with Gasteiger partial charge in [-0.15, -0.1) is 0 Å². The highest BCUT2D eigenvalue weighted by Crippen LogP contribution is 2.13. The number of aryl methyl sites for hydroxylation is 1. The largest absolute Gasteiger partial charge is 0.390 e. The number of aliphatic hydroxyl groups excluding tert-OH is 1. The van der Waals surface area contributed by atoms with Crippen LogP contribution in [0.3, 0.4) is 0 Å². The molecule has 10 heteroatoms. The van der Waals surface area contributed by atoms with Crippen LogP contribution in [0.25, 0.3) is 0 Å². The molecule has 0 bridgehead atoms. The summed E-state index contributed by atoms with van der Waals surface area (Å²) >= 11 is 0. The van der Waals surface area contributed by atoms with E-state index in [0.29, 0.717) is 6.54 Å². The number of amides is 4. The Hall–Kier alpha value is -3.37. The number of nitrogens with one attached hydrogen (secondary N) is 4. The molecule has 2 aromatic carbocycles. The predicted octanol–water partition coefficient (Wildman–Crippen LogP) is 1.30. The second-order valence-corrected chi connectivity index (χ2v) is 8.25. The molecule has 3 atom stereocenters. The smallest absolute Gasteiger partial charge is 0.322 e. The molecule has 182 valence electrons. The standard InChI is InChI=1S/C24H28F2N4O4/c1-2-14-4-3-5-15(6-14)12-27-13-21(31)19(9-16-7-17(25)10-18(26)8-16)28-23(33)20-11-22(32)30-24(34)29-20/h3-8,10,19-21,27,31H,2,9,11-13H2,1H3,(H,28,33)(H2,29,30,32,34)/t19-,20?,21+/m0/s1. The lowest BCUT2D eigenvalue weighted by molar-refractivity contribution is -0.129. The SMILES string of the molecule is CCc1cccc(CNC[C@@H](O)[C@H](Cc2cc(F)cc(F)c2)NC(=O)C2CC(=O)NC(=O)N2)c1. The van der Waals surface area contributed by atoms with Crippen molar-refractivity contribution in [2.45, 2.75) is 50.9 Å². The average molecular weight is 475 g/mol. The van der Waals surface area contributed by atoms with Crippen molar-refractivity contribution >= 4 is 17.8 Å². The van der Waals surface area contributed by atoms with E-state index in [4.69, 9.17) is 0 Å². The molecule has 0 saturated carbocycles. The first-order chi connectivity index (χ1) is 16.2. The first-order valence-corrected chi connectivity index (χ1v) is 11.1. The first kappa shape index (κ1) is 25.3. The molecule has 1 aliphatic heterocycles. The van der Waals surface area contributed by atoms with E-state index in [2.05, 4.69) is 22.9 Å². The first-order valence-electron chi connectivity index (χ1n) is 11.1. The van der Waals surface area contributed by atoms with Gasteiger partial charge in [0.05, 0.1) is 18.6 Å². The molecule has 1 saturated heterocycles. The molecule has 0 spiro atoms. The lowest BCUT2D eigenvalue weighted by atomic mass is 9.99. The van der Waals surface area contributed by atoms with Crippen molar-refractivity contribution in [2.24, 2.45) is 0 Å². The van der Waals surface area contributed by atoms with Gasteiger partial charge in [-0.3, -0.25) is 14.9 Å². The van der Waals surface area contributed by atoms with Crippen LogP contribution in [0.15, 0.2) is 42.5 Å². The van der Waals surface area contributed by atoms with Gasteiger partial charge in [-0.25, -0.2) is 13.6 Å². The van der Waals surface area contributed by atoms with Crippen molar-refractivity contribution in [3.63, 3.8) is 0 Å². The second kappa shape index (κ2) is 11.7. The zero-order valence-corrected chi connectivity index (χ0v) is 18.7. The van der Waals surface area contributed by atoms with Crippen LogP contribution < -0.4 is 21.3 Å². The highest BCUT2D eigenvalue weighted by molar-refractivity contribution is 6.02. The van der Waals surface area contributed by atoms with Gasteiger partial charge < -0.3 is 21.1 Å². The third kappa shape index (κ3) is 7.32. The van der Waals surface area contributed by atoms with Crippen LogP contribution >= 0.6 is 0 Å². The molecular weight excluding hydrogens is 446 g/mol. The van der Waals surface area contributed by atoms with E-state index in [0.717, 1.165) is 30.2 Å². The average Bonchev–Trinajstić information content (AvgIpc) is 2.77. The van der Waals surface area contributed by atoms with E-state index < -0.39 is 47.7 Å².